The summed E-state index contributed by atoms with van der Waals surface area (Å²) in [4.78, 5) is 34.0. The third-order valence-electron chi connectivity index (χ3n) is 8.82. The first kappa shape index (κ1) is 29.3. The van der Waals surface area contributed by atoms with E-state index in [9.17, 15) is 9.59 Å². The highest BCUT2D eigenvalue weighted by atomic mass is 16.5. The number of hydrogen-bond donors (Lipinski definition) is 1. The molecule has 218 valence electrons. The molecule has 1 saturated heterocycles. The summed E-state index contributed by atoms with van der Waals surface area (Å²) < 4.78 is 5.16. The molecule has 2 aromatic carbocycles. The van der Waals surface area contributed by atoms with E-state index in [0.29, 0.717) is 12.1 Å². The summed E-state index contributed by atoms with van der Waals surface area (Å²) in [6.07, 6.45) is 7.24. The summed E-state index contributed by atoms with van der Waals surface area (Å²) in [5.74, 6) is -0.872. The summed E-state index contributed by atoms with van der Waals surface area (Å²) in [5.41, 5.74) is 6.42. The van der Waals surface area contributed by atoms with Crippen molar-refractivity contribution in [3.05, 3.63) is 125 Å². The molecule has 0 aliphatic carbocycles. The average molecular weight is 565 g/mol. The first-order valence-electron chi connectivity index (χ1n) is 14.7. The average Bonchev–Trinajstić information content (AvgIpc) is 3.04. The molecule has 0 saturated carbocycles. The molecule has 2 aliphatic rings. The second-order valence-corrected chi connectivity index (χ2v) is 11.2. The molecular formula is C35H40N4O3. The van der Waals surface area contributed by atoms with Crippen molar-refractivity contribution < 1.29 is 14.3 Å². The smallest absolute Gasteiger partial charge is 0.336 e. The van der Waals surface area contributed by atoms with Crippen LogP contribution in [-0.4, -0.2) is 60.5 Å². The van der Waals surface area contributed by atoms with Gasteiger partial charge in [-0.2, -0.15) is 0 Å². The van der Waals surface area contributed by atoms with Crippen molar-refractivity contribution in [3.63, 3.8) is 0 Å². The number of esters is 1. The zero-order valence-corrected chi connectivity index (χ0v) is 24.8. The van der Waals surface area contributed by atoms with E-state index in [4.69, 9.17) is 4.74 Å². The van der Waals surface area contributed by atoms with Gasteiger partial charge in [0.1, 0.15) is 0 Å². The molecule has 1 unspecified atom stereocenters. The Labute approximate surface area is 248 Å². The van der Waals surface area contributed by atoms with Crippen molar-refractivity contribution in [3.8, 4) is 0 Å². The summed E-state index contributed by atoms with van der Waals surface area (Å²) >= 11 is 0. The van der Waals surface area contributed by atoms with E-state index in [1.165, 1.54) is 18.2 Å². The molecule has 3 heterocycles. The summed E-state index contributed by atoms with van der Waals surface area (Å²) in [6, 6.07) is 25.5. The quantitative estimate of drug-likeness (QED) is 0.263. The van der Waals surface area contributed by atoms with Crippen molar-refractivity contribution >= 4 is 12.4 Å². The van der Waals surface area contributed by atoms with Crippen molar-refractivity contribution in [1.29, 1.82) is 0 Å². The zero-order valence-electron chi connectivity index (χ0n) is 24.8. The minimum absolute atomic E-state index is 0.00889. The Hall–Kier alpha value is -4.23. The number of dihydropyridines is 1. The summed E-state index contributed by atoms with van der Waals surface area (Å²) in [7, 11) is 1.38. The highest BCUT2D eigenvalue weighted by Gasteiger charge is 2.38. The van der Waals surface area contributed by atoms with Crippen LogP contribution in [0, 0.1) is 0 Å². The predicted molar refractivity (Wildman–Crippen MR) is 164 cm³/mol. The van der Waals surface area contributed by atoms with Crippen molar-refractivity contribution in [2.75, 3.05) is 33.3 Å². The molecule has 1 N–H and O–H groups in total. The number of piperidine rings is 1. The number of amides is 1. The molecule has 0 bridgehead atoms. The van der Waals surface area contributed by atoms with Crippen LogP contribution >= 0.6 is 0 Å². The molecule has 1 fully saturated rings. The van der Waals surface area contributed by atoms with Crippen molar-refractivity contribution in [2.24, 2.45) is 0 Å². The fourth-order valence-electron chi connectivity index (χ4n) is 6.73. The predicted octanol–water partition coefficient (Wildman–Crippen LogP) is 5.38. The molecule has 0 radical (unpaired) electrons. The lowest BCUT2D eigenvalue weighted by Gasteiger charge is -2.43. The lowest BCUT2D eigenvalue weighted by Crippen LogP contribution is -2.44. The molecule has 1 aromatic heterocycles. The van der Waals surface area contributed by atoms with Gasteiger partial charge in [-0.15, -0.1) is 0 Å². The van der Waals surface area contributed by atoms with E-state index in [2.05, 4.69) is 75.9 Å². The number of nitrogens with one attached hydrogen (secondary N) is 1. The molecule has 3 aromatic rings. The Bertz CT molecular complexity index is 1390. The second kappa shape index (κ2) is 13.2. The number of methoxy groups -OCH3 is 1. The number of carbonyl (C=O) groups excluding carboxylic acids is 2. The molecule has 5 rings (SSSR count). The molecule has 7 nitrogen and oxygen atoms in total. The minimum Gasteiger partial charge on any atom is -0.466 e. The third-order valence-corrected chi connectivity index (χ3v) is 8.82. The fraction of sp³-hybridized carbons (Fsp3) is 0.343. The SMILES string of the molecule is COC(=O)C1=C(C)NC(C)=C(N(C=O)CCCN2CCC(c3ccccc3)(c3ccccc3)CC2)C1c1cccnc1. The van der Waals surface area contributed by atoms with Gasteiger partial charge < -0.3 is 19.9 Å². The van der Waals surface area contributed by atoms with Crippen LogP contribution in [0.5, 0.6) is 0 Å². The Morgan fingerprint density at radius 3 is 2.19 bits per heavy atom. The van der Waals surface area contributed by atoms with Crippen LogP contribution in [0.3, 0.4) is 0 Å². The number of benzene rings is 2. The van der Waals surface area contributed by atoms with Crippen LogP contribution in [0.2, 0.25) is 0 Å². The highest BCUT2D eigenvalue weighted by molar-refractivity contribution is 5.92. The van der Waals surface area contributed by atoms with Gasteiger partial charge in [0.2, 0.25) is 6.41 Å². The normalized spacial score (nSPS) is 18.8. The van der Waals surface area contributed by atoms with Gasteiger partial charge in [-0.05, 0) is 75.5 Å². The van der Waals surface area contributed by atoms with Crippen LogP contribution in [0.15, 0.2) is 108 Å². The maximum Gasteiger partial charge on any atom is 0.336 e. The molecule has 0 spiro atoms. The van der Waals surface area contributed by atoms with E-state index in [0.717, 1.165) is 68.0 Å². The van der Waals surface area contributed by atoms with E-state index in [1.807, 2.05) is 26.0 Å². The van der Waals surface area contributed by atoms with Crippen molar-refractivity contribution in [2.45, 2.75) is 44.4 Å². The maximum atomic E-state index is 12.9. The van der Waals surface area contributed by atoms with Gasteiger partial charge in [-0.3, -0.25) is 9.78 Å². The molecule has 7 heteroatoms. The number of rotatable bonds is 10. The van der Waals surface area contributed by atoms with Gasteiger partial charge in [-0.25, -0.2) is 4.79 Å². The number of nitrogens with zero attached hydrogens (tertiary/aromatic N) is 3. The van der Waals surface area contributed by atoms with Gasteiger partial charge in [0.15, 0.2) is 0 Å². The van der Waals surface area contributed by atoms with Crippen LogP contribution < -0.4 is 5.32 Å². The van der Waals surface area contributed by atoms with E-state index < -0.39 is 11.9 Å². The number of aromatic nitrogens is 1. The number of hydrogen-bond acceptors (Lipinski definition) is 6. The number of allylic oxidation sites excluding steroid dienone is 3. The number of ether oxygens (including phenoxy) is 1. The fourth-order valence-corrected chi connectivity index (χ4v) is 6.73. The van der Waals surface area contributed by atoms with Gasteiger partial charge in [0.05, 0.1) is 24.3 Å². The van der Waals surface area contributed by atoms with Gasteiger partial charge in [-0.1, -0.05) is 66.7 Å². The highest BCUT2D eigenvalue weighted by Crippen LogP contribution is 2.42. The number of likely N-dealkylation sites (tertiary alicyclic amines) is 1. The number of pyridine rings is 1. The standard InChI is InChI=1S/C35H40N4O3/c1-26-31(34(41)42-3)32(28-12-10-19-36-24-28)33(27(2)37-26)39(25-40)21-11-20-38-22-17-35(18-23-38,29-13-6-4-7-14-29)30-15-8-5-9-16-30/h4-10,12-16,19,24-25,32,37H,11,17-18,20-23H2,1-3H3. The first-order chi connectivity index (χ1) is 20.5. The van der Waals surface area contributed by atoms with Crippen LogP contribution in [0.1, 0.15) is 55.7 Å². The molecule has 42 heavy (non-hydrogen) atoms. The van der Waals surface area contributed by atoms with Gasteiger partial charge in [0, 0.05) is 35.7 Å². The lowest BCUT2D eigenvalue weighted by molar-refractivity contribution is -0.136. The van der Waals surface area contributed by atoms with Crippen LogP contribution in [0.4, 0.5) is 0 Å². The zero-order chi connectivity index (χ0) is 29.5. The van der Waals surface area contributed by atoms with Gasteiger partial charge in [0.25, 0.3) is 0 Å². The monoisotopic (exact) mass is 564 g/mol. The topological polar surface area (TPSA) is 74.8 Å². The Balaban J connectivity index is 1.29. The van der Waals surface area contributed by atoms with Crippen molar-refractivity contribution in [1.82, 2.24) is 20.1 Å². The molecular weight excluding hydrogens is 524 g/mol. The van der Waals surface area contributed by atoms with E-state index >= 15 is 0 Å². The molecule has 2 aliphatic heterocycles. The lowest BCUT2D eigenvalue weighted by atomic mass is 9.68. The maximum absolute atomic E-state index is 12.9. The Morgan fingerprint density at radius 2 is 1.64 bits per heavy atom. The van der Waals surface area contributed by atoms with Crippen LogP contribution in [0.25, 0.3) is 0 Å². The largest absolute Gasteiger partial charge is 0.466 e. The Kier molecular flexibility index (Phi) is 9.18. The summed E-state index contributed by atoms with van der Waals surface area (Å²) in [6.45, 7) is 7.22. The Morgan fingerprint density at radius 1 is 1.00 bits per heavy atom. The molecule has 1 amide bonds. The first-order valence-corrected chi connectivity index (χ1v) is 14.7. The minimum atomic E-state index is -0.454. The van der Waals surface area contributed by atoms with E-state index in [-0.39, 0.29) is 5.41 Å². The third kappa shape index (κ3) is 5.88. The van der Waals surface area contributed by atoms with Crippen LogP contribution in [-0.2, 0) is 19.7 Å². The second-order valence-electron chi connectivity index (χ2n) is 11.2. The van der Waals surface area contributed by atoms with E-state index in [1.54, 1.807) is 17.3 Å². The van der Waals surface area contributed by atoms with Gasteiger partial charge >= 0.3 is 5.97 Å². The summed E-state index contributed by atoms with van der Waals surface area (Å²) in [5, 5.41) is 3.32. The molecule has 1 atom stereocenters. The number of carbonyl (C=O) groups is 2.